The zero-order valence-corrected chi connectivity index (χ0v) is 11.3. The van der Waals surface area contributed by atoms with E-state index in [4.69, 9.17) is 23.2 Å². The summed E-state index contributed by atoms with van der Waals surface area (Å²) in [5.74, 6) is -0.0761. The molecule has 1 aromatic carbocycles. The van der Waals surface area contributed by atoms with Gasteiger partial charge in [0.25, 0.3) is 5.91 Å². The largest absolute Gasteiger partial charge is 0.334 e. The average Bonchev–Trinajstić information content (AvgIpc) is 2.79. The highest BCUT2D eigenvalue weighted by atomic mass is 35.5. The quantitative estimate of drug-likeness (QED) is 0.854. The van der Waals surface area contributed by atoms with Crippen molar-refractivity contribution in [1.82, 2.24) is 19.9 Å². The fourth-order valence-corrected chi connectivity index (χ4v) is 2.57. The fourth-order valence-electron chi connectivity index (χ4n) is 2.04. The zero-order chi connectivity index (χ0) is 13.4. The molecular weight excluding hydrogens is 287 g/mol. The van der Waals surface area contributed by atoms with Crippen LogP contribution in [0, 0.1) is 0 Å². The zero-order valence-electron chi connectivity index (χ0n) is 9.83. The first kappa shape index (κ1) is 12.4. The summed E-state index contributed by atoms with van der Waals surface area (Å²) >= 11 is 11.8. The highest BCUT2D eigenvalue weighted by Gasteiger charge is 2.33. The minimum Gasteiger partial charge on any atom is -0.334 e. The summed E-state index contributed by atoms with van der Waals surface area (Å²) in [6.07, 6.45) is 3.25. The van der Waals surface area contributed by atoms with Crippen LogP contribution in [-0.4, -0.2) is 38.9 Å². The van der Waals surface area contributed by atoms with Gasteiger partial charge in [-0.1, -0.05) is 23.2 Å². The van der Waals surface area contributed by atoms with Gasteiger partial charge in [0.15, 0.2) is 0 Å². The normalized spacial score (nSPS) is 15.4. The number of hydrogen-bond acceptors (Lipinski definition) is 3. The second-order valence-electron chi connectivity index (χ2n) is 4.37. The highest BCUT2D eigenvalue weighted by molar-refractivity contribution is 6.35. The van der Waals surface area contributed by atoms with Crippen molar-refractivity contribution >= 4 is 29.1 Å². The lowest BCUT2D eigenvalue weighted by Crippen LogP contribution is -2.51. The van der Waals surface area contributed by atoms with Crippen molar-refractivity contribution in [3.8, 4) is 0 Å². The van der Waals surface area contributed by atoms with E-state index in [0.717, 1.165) is 0 Å². The van der Waals surface area contributed by atoms with E-state index < -0.39 is 0 Å². The van der Waals surface area contributed by atoms with Crippen LogP contribution in [0.25, 0.3) is 0 Å². The average molecular weight is 297 g/mol. The molecule has 2 aromatic rings. The lowest BCUT2D eigenvalue weighted by atomic mass is 10.1. The van der Waals surface area contributed by atoms with Gasteiger partial charge in [0.05, 0.1) is 12.4 Å². The molecule has 0 unspecified atom stereocenters. The van der Waals surface area contributed by atoms with E-state index in [9.17, 15) is 4.79 Å². The van der Waals surface area contributed by atoms with Gasteiger partial charge in [-0.25, -0.2) is 0 Å². The van der Waals surface area contributed by atoms with Crippen LogP contribution in [-0.2, 0) is 0 Å². The third-order valence-electron chi connectivity index (χ3n) is 3.02. The van der Waals surface area contributed by atoms with E-state index in [1.165, 1.54) is 0 Å². The van der Waals surface area contributed by atoms with Crippen molar-refractivity contribution in [3.63, 3.8) is 0 Å². The standard InChI is InChI=1S/C12H10Cl2N4O/c13-9-3-8(4-10(14)5-9)12(19)17-6-11(7-17)18-15-1-2-16-18/h1-5,11H,6-7H2. The molecule has 1 aliphatic heterocycles. The van der Waals surface area contributed by atoms with Crippen molar-refractivity contribution in [1.29, 1.82) is 0 Å². The lowest BCUT2D eigenvalue weighted by molar-refractivity contribution is 0.0476. The summed E-state index contributed by atoms with van der Waals surface area (Å²) in [5.41, 5.74) is 0.504. The molecule has 1 aromatic heterocycles. The SMILES string of the molecule is O=C(c1cc(Cl)cc(Cl)c1)N1CC(n2nccn2)C1. The molecule has 0 bridgehead atoms. The third kappa shape index (κ3) is 2.43. The molecule has 0 aliphatic carbocycles. The van der Waals surface area contributed by atoms with Crippen molar-refractivity contribution in [3.05, 3.63) is 46.2 Å². The van der Waals surface area contributed by atoms with E-state index in [1.807, 2.05) is 0 Å². The topological polar surface area (TPSA) is 51.0 Å². The summed E-state index contributed by atoms with van der Waals surface area (Å²) in [5, 5.41) is 9.04. The second-order valence-corrected chi connectivity index (χ2v) is 5.24. The summed E-state index contributed by atoms with van der Waals surface area (Å²) in [7, 11) is 0. The third-order valence-corrected chi connectivity index (χ3v) is 3.46. The van der Waals surface area contributed by atoms with Crippen molar-refractivity contribution in [2.75, 3.05) is 13.1 Å². The van der Waals surface area contributed by atoms with Gasteiger partial charge in [-0.2, -0.15) is 15.0 Å². The molecule has 0 radical (unpaired) electrons. The summed E-state index contributed by atoms with van der Waals surface area (Å²) < 4.78 is 0. The molecule has 2 heterocycles. The molecule has 0 N–H and O–H groups in total. The van der Waals surface area contributed by atoms with Crippen LogP contribution in [0.1, 0.15) is 16.4 Å². The maximum absolute atomic E-state index is 12.2. The first-order chi connectivity index (χ1) is 9.13. The van der Waals surface area contributed by atoms with Gasteiger partial charge in [0.2, 0.25) is 0 Å². The van der Waals surface area contributed by atoms with E-state index in [1.54, 1.807) is 40.3 Å². The minimum atomic E-state index is -0.0761. The number of likely N-dealkylation sites (tertiary alicyclic amines) is 1. The highest BCUT2D eigenvalue weighted by Crippen LogP contribution is 2.25. The molecule has 0 atom stereocenters. The van der Waals surface area contributed by atoms with Crippen LogP contribution in [0.3, 0.4) is 0 Å². The first-order valence-corrected chi connectivity index (χ1v) is 6.50. The van der Waals surface area contributed by atoms with Crippen LogP contribution in [0.2, 0.25) is 10.0 Å². The predicted molar refractivity (Wildman–Crippen MR) is 71.4 cm³/mol. The second kappa shape index (κ2) is 4.83. The molecule has 7 heteroatoms. The molecule has 19 heavy (non-hydrogen) atoms. The molecule has 3 rings (SSSR count). The minimum absolute atomic E-state index is 0.0761. The first-order valence-electron chi connectivity index (χ1n) is 5.74. The number of rotatable bonds is 2. The van der Waals surface area contributed by atoms with Crippen LogP contribution in [0.5, 0.6) is 0 Å². The molecule has 1 amide bonds. The van der Waals surface area contributed by atoms with E-state index in [-0.39, 0.29) is 11.9 Å². The van der Waals surface area contributed by atoms with Gasteiger partial charge in [0, 0.05) is 28.7 Å². The van der Waals surface area contributed by atoms with Crippen LogP contribution in [0.4, 0.5) is 0 Å². The van der Waals surface area contributed by atoms with Gasteiger partial charge in [-0.3, -0.25) is 4.79 Å². The Morgan fingerprint density at radius 2 is 1.68 bits per heavy atom. The fraction of sp³-hybridized carbons (Fsp3) is 0.250. The smallest absolute Gasteiger partial charge is 0.254 e. The maximum atomic E-state index is 12.2. The number of carbonyl (C=O) groups is 1. The van der Waals surface area contributed by atoms with Crippen LogP contribution < -0.4 is 0 Å². The van der Waals surface area contributed by atoms with Crippen LogP contribution in [0.15, 0.2) is 30.6 Å². The van der Waals surface area contributed by atoms with Gasteiger partial charge in [-0.05, 0) is 18.2 Å². The molecule has 0 spiro atoms. The molecular formula is C12H10Cl2N4O. The Labute approximate surface area is 119 Å². The van der Waals surface area contributed by atoms with Gasteiger partial charge >= 0.3 is 0 Å². The van der Waals surface area contributed by atoms with E-state index in [2.05, 4.69) is 10.2 Å². The molecule has 1 aliphatic rings. The predicted octanol–water partition coefficient (Wildman–Crippen LogP) is 2.28. The Morgan fingerprint density at radius 3 is 2.26 bits per heavy atom. The molecule has 98 valence electrons. The number of hydrogen-bond donors (Lipinski definition) is 0. The molecule has 1 fully saturated rings. The van der Waals surface area contributed by atoms with Crippen LogP contribution >= 0.6 is 23.2 Å². The summed E-state index contributed by atoms with van der Waals surface area (Å²) in [4.78, 5) is 15.5. The number of aromatic nitrogens is 3. The molecule has 5 nitrogen and oxygen atoms in total. The van der Waals surface area contributed by atoms with Gasteiger partial charge in [-0.15, -0.1) is 0 Å². The van der Waals surface area contributed by atoms with Crippen molar-refractivity contribution in [2.24, 2.45) is 0 Å². The Kier molecular flexibility index (Phi) is 3.16. The Balaban J connectivity index is 1.70. The van der Waals surface area contributed by atoms with Crippen molar-refractivity contribution < 1.29 is 4.79 Å². The number of carbonyl (C=O) groups excluding carboxylic acids is 1. The molecule has 1 saturated heterocycles. The Hall–Kier alpha value is -1.59. The van der Waals surface area contributed by atoms with Crippen molar-refractivity contribution in [2.45, 2.75) is 6.04 Å². The monoisotopic (exact) mass is 296 g/mol. The van der Waals surface area contributed by atoms with E-state index >= 15 is 0 Å². The lowest BCUT2D eigenvalue weighted by Gasteiger charge is -2.38. The van der Waals surface area contributed by atoms with Gasteiger partial charge < -0.3 is 4.90 Å². The maximum Gasteiger partial charge on any atom is 0.254 e. The number of amides is 1. The Bertz CT molecular complexity index is 588. The van der Waals surface area contributed by atoms with E-state index in [0.29, 0.717) is 28.7 Å². The Morgan fingerprint density at radius 1 is 1.11 bits per heavy atom. The molecule has 0 saturated carbocycles. The summed E-state index contributed by atoms with van der Waals surface area (Å²) in [6, 6.07) is 4.99. The summed E-state index contributed by atoms with van der Waals surface area (Å²) in [6.45, 7) is 1.19. The number of nitrogens with zero attached hydrogens (tertiary/aromatic N) is 4. The number of benzene rings is 1. The number of halogens is 2. The van der Waals surface area contributed by atoms with Gasteiger partial charge in [0.1, 0.15) is 6.04 Å².